The highest BCUT2D eigenvalue weighted by molar-refractivity contribution is 7.89. The van der Waals surface area contributed by atoms with Crippen LogP contribution in [0.3, 0.4) is 0 Å². The van der Waals surface area contributed by atoms with Crippen molar-refractivity contribution < 1.29 is 17.9 Å². The van der Waals surface area contributed by atoms with Crippen molar-refractivity contribution in [3.8, 4) is 5.75 Å². The van der Waals surface area contributed by atoms with Gasteiger partial charge in [0.25, 0.3) is 5.91 Å². The van der Waals surface area contributed by atoms with Crippen LogP contribution in [-0.4, -0.2) is 42.4 Å². The van der Waals surface area contributed by atoms with E-state index in [-0.39, 0.29) is 10.9 Å². The van der Waals surface area contributed by atoms with Gasteiger partial charge in [0, 0.05) is 24.7 Å². The highest BCUT2D eigenvalue weighted by atomic mass is 32.2. The van der Waals surface area contributed by atoms with Crippen LogP contribution in [0.4, 0.5) is 0 Å². The monoisotopic (exact) mass is 501 g/mol. The third-order valence-electron chi connectivity index (χ3n) is 6.06. The van der Waals surface area contributed by atoms with E-state index in [0.717, 1.165) is 48.2 Å². The van der Waals surface area contributed by atoms with Crippen LogP contribution in [0.1, 0.15) is 56.8 Å². The predicted molar refractivity (Wildman–Crippen MR) is 135 cm³/mol. The van der Waals surface area contributed by atoms with Crippen molar-refractivity contribution in [2.75, 3.05) is 13.2 Å². The molecule has 1 atom stereocenters. The Morgan fingerprint density at radius 2 is 1.91 bits per heavy atom. The maximum absolute atomic E-state index is 13.1. The molecular weight excluding hydrogens is 470 g/mol. The molecule has 1 saturated heterocycles. The van der Waals surface area contributed by atoms with Gasteiger partial charge in [-0.15, -0.1) is 0 Å². The first-order valence-corrected chi connectivity index (χ1v) is 14.1. The van der Waals surface area contributed by atoms with E-state index in [9.17, 15) is 13.2 Å². The van der Waals surface area contributed by atoms with Crippen molar-refractivity contribution in [2.24, 2.45) is 4.99 Å². The Bertz CT molecular complexity index is 1340. The number of carbonyl (C=O) groups excluding carboxylic acids is 1. The van der Waals surface area contributed by atoms with Gasteiger partial charge < -0.3 is 9.30 Å². The highest BCUT2D eigenvalue weighted by Gasteiger charge is 2.30. The molecule has 1 aliphatic rings. The van der Waals surface area contributed by atoms with Crippen LogP contribution < -0.4 is 9.54 Å². The average Bonchev–Trinajstić information content (AvgIpc) is 3.16. The molecule has 3 aromatic rings. The molecule has 182 valence electrons. The van der Waals surface area contributed by atoms with Crippen LogP contribution in [-0.2, 0) is 16.6 Å². The lowest BCUT2D eigenvalue weighted by atomic mass is 10.1. The van der Waals surface area contributed by atoms with E-state index in [1.807, 2.05) is 36.6 Å². The fraction of sp³-hybridized carbons (Fsp3) is 0.440. The van der Waals surface area contributed by atoms with Crippen molar-refractivity contribution in [3.05, 3.63) is 52.8 Å². The topological polar surface area (TPSA) is 81.0 Å². The Morgan fingerprint density at radius 3 is 2.59 bits per heavy atom. The molecule has 7 nitrogen and oxygen atoms in total. The molecule has 9 heteroatoms. The molecule has 0 aliphatic carbocycles. The van der Waals surface area contributed by atoms with Gasteiger partial charge in [0.1, 0.15) is 5.75 Å². The van der Waals surface area contributed by atoms with Crippen LogP contribution in [0.15, 0.2) is 52.4 Å². The van der Waals surface area contributed by atoms with Crippen LogP contribution in [0.5, 0.6) is 5.75 Å². The number of fused-ring (bicyclic) bond motifs is 1. The van der Waals surface area contributed by atoms with Crippen LogP contribution in [0, 0.1) is 0 Å². The van der Waals surface area contributed by atoms with Crippen LogP contribution in [0.2, 0.25) is 0 Å². The second kappa shape index (κ2) is 10.4. The number of amides is 1. The number of rotatable bonds is 7. The molecule has 1 amide bonds. The smallest absolute Gasteiger partial charge is 0.279 e. The second-order valence-electron chi connectivity index (χ2n) is 8.50. The standard InChI is InChI=1S/C25H31N3O4S2/c1-4-15-27-22-14-11-20(32-5-2)17-23(22)33-25(27)26-24(29)19-9-12-21(13-10-19)34(30,31)28-16-7-6-8-18(28)3/h9-14,17-18H,4-8,15-16H2,1-3H3. The van der Waals surface area contributed by atoms with Gasteiger partial charge in [0.2, 0.25) is 10.0 Å². The van der Waals surface area contributed by atoms with Gasteiger partial charge in [-0.3, -0.25) is 4.79 Å². The quantitative estimate of drug-likeness (QED) is 0.465. The first-order chi connectivity index (χ1) is 16.3. The van der Waals surface area contributed by atoms with Crippen LogP contribution >= 0.6 is 11.3 Å². The summed E-state index contributed by atoms with van der Waals surface area (Å²) in [5, 5.41) is 0. The van der Waals surface area contributed by atoms with E-state index in [2.05, 4.69) is 11.9 Å². The van der Waals surface area contributed by atoms with Crippen molar-refractivity contribution in [1.82, 2.24) is 8.87 Å². The number of nitrogens with zero attached hydrogens (tertiary/aromatic N) is 3. The van der Waals surface area contributed by atoms with Crippen molar-refractivity contribution >= 4 is 37.5 Å². The maximum Gasteiger partial charge on any atom is 0.279 e. The fourth-order valence-corrected chi connectivity index (χ4v) is 7.10. The zero-order chi connectivity index (χ0) is 24.3. The first kappa shape index (κ1) is 24.6. The highest BCUT2D eigenvalue weighted by Crippen LogP contribution is 2.26. The molecule has 34 heavy (non-hydrogen) atoms. The van der Waals surface area contributed by atoms with E-state index in [1.54, 1.807) is 16.4 Å². The third kappa shape index (κ3) is 4.96. The Labute approximate surface area is 204 Å². The van der Waals surface area contributed by atoms with E-state index in [4.69, 9.17) is 4.74 Å². The Hall–Kier alpha value is -2.49. The van der Waals surface area contributed by atoms with Gasteiger partial charge in [0.05, 0.1) is 21.7 Å². The largest absolute Gasteiger partial charge is 0.494 e. The molecule has 0 bridgehead atoms. The fourth-order valence-electron chi connectivity index (χ4n) is 4.32. The molecule has 4 rings (SSSR count). The van der Waals surface area contributed by atoms with Gasteiger partial charge in [-0.05, 0) is 75.6 Å². The molecule has 0 saturated carbocycles. The minimum absolute atomic E-state index is 0.0136. The summed E-state index contributed by atoms with van der Waals surface area (Å²) in [6, 6.07) is 12.0. The summed E-state index contributed by atoms with van der Waals surface area (Å²) in [5.41, 5.74) is 1.38. The first-order valence-electron chi connectivity index (χ1n) is 11.8. The SMILES string of the molecule is CCCn1c(=NC(=O)c2ccc(S(=O)(=O)N3CCCCC3C)cc2)sc2cc(OCC)ccc21. The number of thiazole rings is 1. The Balaban J connectivity index is 1.64. The van der Waals surface area contributed by atoms with Gasteiger partial charge in [-0.1, -0.05) is 24.7 Å². The van der Waals surface area contributed by atoms with Gasteiger partial charge in [0.15, 0.2) is 4.80 Å². The van der Waals surface area contributed by atoms with E-state index in [1.165, 1.54) is 23.5 Å². The molecule has 1 unspecified atom stereocenters. The van der Waals surface area contributed by atoms with Crippen molar-refractivity contribution in [3.63, 3.8) is 0 Å². The maximum atomic E-state index is 13.1. The summed E-state index contributed by atoms with van der Waals surface area (Å²) < 4.78 is 36.4. The lowest BCUT2D eigenvalue weighted by Gasteiger charge is -2.32. The molecule has 2 aromatic carbocycles. The van der Waals surface area contributed by atoms with Gasteiger partial charge >= 0.3 is 0 Å². The molecule has 1 fully saturated rings. The zero-order valence-electron chi connectivity index (χ0n) is 19.9. The molecular formula is C25H31N3O4S2. The number of sulfonamides is 1. The summed E-state index contributed by atoms with van der Waals surface area (Å²) >= 11 is 1.45. The van der Waals surface area contributed by atoms with Crippen molar-refractivity contribution in [2.45, 2.75) is 63.9 Å². The number of hydrogen-bond donors (Lipinski definition) is 0. The molecule has 0 spiro atoms. The summed E-state index contributed by atoms with van der Waals surface area (Å²) in [5.74, 6) is 0.398. The predicted octanol–water partition coefficient (Wildman–Crippen LogP) is 4.82. The number of carbonyl (C=O) groups is 1. The van der Waals surface area contributed by atoms with Crippen LogP contribution in [0.25, 0.3) is 10.2 Å². The normalized spacial score (nSPS) is 17.9. The number of ether oxygens (including phenoxy) is 1. The molecule has 0 N–H and O–H groups in total. The van der Waals surface area contributed by atoms with Gasteiger partial charge in [-0.25, -0.2) is 8.42 Å². The Morgan fingerprint density at radius 1 is 1.15 bits per heavy atom. The Kier molecular flexibility index (Phi) is 7.54. The summed E-state index contributed by atoms with van der Waals surface area (Å²) in [6.07, 6.45) is 3.69. The molecule has 2 heterocycles. The number of aromatic nitrogens is 1. The van der Waals surface area contributed by atoms with Gasteiger partial charge in [-0.2, -0.15) is 9.30 Å². The minimum Gasteiger partial charge on any atom is -0.494 e. The lowest BCUT2D eigenvalue weighted by molar-refractivity contribution is 0.0997. The summed E-state index contributed by atoms with van der Waals surface area (Å²) in [7, 11) is -3.58. The number of benzene rings is 2. The summed E-state index contributed by atoms with van der Waals surface area (Å²) in [4.78, 5) is 18.2. The van der Waals surface area contributed by atoms with E-state index in [0.29, 0.717) is 23.5 Å². The van der Waals surface area contributed by atoms with Crippen molar-refractivity contribution in [1.29, 1.82) is 0 Å². The minimum atomic E-state index is -3.58. The number of aryl methyl sites for hydroxylation is 1. The molecule has 0 radical (unpaired) electrons. The third-order valence-corrected chi connectivity index (χ3v) is 9.13. The second-order valence-corrected chi connectivity index (χ2v) is 11.4. The number of piperidine rings is 1. The average molecular weight is 502 g/mol. The van der Waals surface area contributed by atoms with E-state index < -0.39 is 15.9 Å². The molecule has 1 aliphatic heterocycles. The zero-order valence-corrected chi connectivity index (χ0v) is 21.5. The lowest BCUT2D eigenvalue weighted by Crippen LogP contribution is -2.41. The van der Waals surface area contributed by atoms with E-state index >= 15 is 0 Å². The molecule has 1 aromatic heterocycles. The number of hydrogen-bond acceptors (Lipinski definition) is 5. The summed E-state index contributed by atoms with van der Waals surface area (Å²) in [6.45, 7) is 7.84.